The van der Waals surface area contributed by atoms with Gasteiger partial charge in [0.2, 0.25) is 0 Å². The number of carbonyl (C=O) groups excluding carboxylic acids is 2. The number of nitrogens with zero attached hydrogens (tertiary/aromatic N) is 6. The number of carbonyl (C=O) groups is 2. The van der Waals surface area contributed by atoms with Gasteiger partial charge in [0.1, 0.15) is 18.4 Å². The summed E-state index contributed by atoms with van der Waals surface area (Å²) in [7, 11) is 0. The van der Waals surface area contributed by atoms with E-state index >= 15 is 0 Å². The molecule has 0 saturated heterocycles. The Kier molecular flexibility index (Phi) is 7.98. The van der Waals surface area contributed by atoms with E-state index in [0.29, 0.717) is 22.6 Å². The third-order valence-corrected chi connectivity index (χ3v) is 4.58. The summed E-state index contributed by atoms with van der Waals surface area (Å²) in [6, 6.07) is 20.7. The summed E-state index contributed by atoms with van der Waals surface area (Å²) >= 11 is 0. The van der Waals surface area contributed by atoms with Crippen molar-refractivity contribution < 1.29 is 14.3 Å². The van der Waals surface area contributed by atoms with E-state index in [1.807, 2.05) is 0 Å². The Morgan fingerprint density at radius 2 is 1.58 bits per heavy atom. The van der Waals surface area contributed by atoms with Crippen molar-refractivity contribution in [1.82, 2.24) is 0 Å². The summed E-state index contributed by atoms with van der Waals surface area (Å²) in [4.78, 5) is 30.4. The third-order valence-electron chi connectivity index (χ3n) is 4.58. The lowest BCUT2D eigenvalue weighted by Gasteiger charge is -2.12. The lowest BCUT2D eigenvalue weighted by atomic mass is 10.1. The van der Waals surface area contributed by atoms with Gasteiger partial charge in [-0.1, -0.05) is 70.9 Å². The third kappa shape index (κ3) is 6.57. The Morgan fingerprint density at radius 1 is 0.879 bits per heavy atom. The molecule has 0 aliphatic carbocycles. The van der Waals surface area contributed by atoms with Crippen LogP contribution in [-0.4, -0.2) is 24.2 Å². The zero-order valence-electron chi connectivity index (χ0n) is 17.4. The number of benzene rings is 3. The van der Waals surface area contributed by atoms with Crippen LogP contribution >= 0.6 is 0 Å². The van der Waals surface area contributed by atoms with Crippen LogP contribution < -0.4 is 4.74 Å². The van der Waals surface area contributed by atoms with E-state index in [2.05, 4.69) is 20.1 Å². The van der Waals surface area contributed by atoms with E-state index in [-0.39, 0.29) is 18.2 Å². The zero-order chi connectivity index (χ0) is 23.5. The minimum Gasteiger partial charge on any atom is -0.493 e. The van der Waals surface area contributed by atoms with Gasteiger partial charge in [-0.15, -0.1) is 0 Å². The van der Waals surface area contributed by atoms with Gasteiger partial charge in [0, 0.05) is 26.6 Å². The van der Waals surface area contributed by atoms with Crippen LogP contribution in [0.25, 0.3) is 27.0 Å². The molecule has 3 rings (SSSR count). The molecule has 0 saturated carbocycles. The second kappa shape index (κ2) is 11.5. The van der Waals surface area contributed by atoms with Crippen LogP contribution in [0.1, 0.15) is 26.3 Å². The van der Waals surface area contributed by atoms with Gasteiger partial charge >= 0.3 is 0 Å². The molecule has 3 aromatic carbocycles. The van der Waals surface area contributed by atoms with Crippen molar-refractivity contribution in [3.05, 3.63) is 123 Å². The van der Waals surface area contributed by atoms with Gasteiger partial charge < -0.3 is 4.74 Å². The van der Waals surface area contributed by atoms with Crippen LogP contribution in [0.4, 0.5) is 5.69 Å². The minimum absolute atomic E-state index is 0.128. The van der Waals surface area contributed by atoms with Crippen LogP contribution in [0.15, 0.2) is 95.2 Å². The number of ether oxygens (including phenoxy) is 1. The normalized spacial score (nSPS) is 11.2. The van der Waals surface area contributed by atoms with Crippen LogP contribution in [0.5, 0.6) is 5.75 Å². The number of allylic oxidation sites excluding steroid dienone is 1. The monoisotopic (exact) mass is 438 g/mol. The Bertz CT molecular complexity index is 1240. The SMILES string of the molecule is [N-]=[N+]=Nc1ccc(C=CC(=O)c2ccc(OCC(N=[N+]=[N-])C(=O)c3ccccc3)cc2)cc1. The Labute approximate surface area is 189 Å². The molecule has 3 aromatic rings. The predicted octanol–water partition coefficient (Wildman–Crippen LogP) is 6.47. The van der Waals surface area contributed by atoms with Crippen LogP contribution in [-0.2, 0) is 0 Å². The first kappa shape index (κ1) is 22.8. The lowest BCUT2D eigenvalue weighted by Crippen LogP contribution is -2.25. The molecule has 0 radical (unpaired) electrons. The molecule has 33 heavy (non-hydrogen) atoms. The summed E-state index contributed by atoms with van der Waals surface area (Å²) in [6.07, 6.45) is 3.10. The summed E-state index contributed by atoms with van der Waals surface area (Å²) in [5, 5.41) is 7.04. The largest absolute Gasteiger partial charge is 0.493 e. The number of rotatable bonds is 10. The molecule has 0 aliphatic rings. The van der Waals surface area contributed by atoms with Crippen molar-refractivity contribution in [2.45, 2.75) is 6.04 Å². The first-order chi connectivity index (χ1) is 16.1. The number of hydrogen-bond donors (Lipinski definition) is 0. The molecule has 9 nitrogen and oxygen atoms in total. The van der Waals surface area contributed by atoms with Gasteiger partial charge in [-0.05, 0) is 47.0 Å². The molecule has 0 aliphatic heterocycles. The molecule has 0 bridgehead atoms. The smallest absolute Gasteiger partial charge is 0.185 e. The zero-order valence-corrected chi connectivity index (χ0v) is 17.4. The fourth-order valence-electron chi connectivity index (χ4n) is 2.88. The maximum atomic E-state index is 12.5. The van der Waals surface area contributed by atoms with Crippen molar-refractivity contribution >= 4 is 23.3 Å². The number of ketones is 2. The molecule has 0 heterocycles. The second-order valence-electron chi connectivity index (χ2n) is 6.76. The molecule has 9 heteroatoms. The average molecular weight is 438 g/mol. The molecule has 1 atom stereocenters. The van der Waals surface area contributed by atoms with Crippen LogP contribution in [0, 0.1) is 0 Å². The maximum Gasteiger partial charge on any atom is 0.185 e. The topological polar surface area (TPSA) is 141 Å². The molecule has 0 fully saturated rings. The Balaban J connectivity index is 1.60. The van der Waals surface area contributed by atoms with E-state index in [1.165, 1.54) is 6.08 Å². The molecule has 0 spiro atoms. The molecular formula is C24H18N6O3. The summed E-state index contributed by atoms with van der Waals surface area (Å²) in [5.41, 5.74) is 19.4. The molecule has 0 aromatic heterocycles. The summed E-state index contributed by atoms with van der Waals surface area (Å²) in [6.45, 7) is -0.128. The van der Waals surface area contributed by atoms with Crippen molar-refractivity contribution in [2.24, 2.45) is 10.2 Å². The number of Topliss-reactive ketones (excluding diaryl/α,β-unsaturated/α-hetero) is 1. The highest BCUT2D eigenvalue weighted by Crippen LogP contribution is 2.17. The maximum absolute atomic E-state index is 12.5. The highest BCUT2D eigenvalue weighted by molar-refractivity contribution is 6.06. The molecule has 0 amide bonds. The molecule has 1 unspecified atom stereocenters. The minimum atomic E-state index is -1.01. The molecule has 0 N–H and O–H groups in total. The lowest BCUT2D eigenvalue weighted by molar-refractivity contribution is 0.0933. The number of hydrogen-bond acceptors (Lipinski definition) is 5. The summed E-state index contributed by atoms with van der Waals surface area (Å²) in [5.74, 6) is -0.104. The second-order valence-corrected chi connectivity index (χ2v) is 6.76. The van der Waals surface area contributed by atoms with Gasteiger partial charge in [0.05, 0.1) is 0 Å². The highest BCUT2D eigenvalue weighted by atomic mass is 16.5. The van der Waals surface area contributed by atoms with Crippen molar-refractivity contribution in [2.75, 3.05) is 6.61 Å². The first-order valence-electron chi connectivity index (χ1n) is 9.84. The highest BCUT2D eigenvalue weighted by Gasteiger charge is 2.19. The van der Waals surface area contributed by atoms with Crippen molar-refractivity contribution in [3.8, 4) is 5.75 Å². The van der Waals surface area contributed by atoms with E-state index in [1.54, 1.807) is 84.9 Å². The summed E-state index contributed by atoms with van der Waals surface area (Å²) < 4.78 is 5.61. The first-order valence-corrected chi connectivity index (χ1v) is 9.84. The fraction of sp³-hybridized carbons (Fsp3) is 0.0833. The average Bonchev–Trinajstić information content (AvgIpc) is 2.86. The molecular weight excluding hydrogens is 420 g/mol. The van der Waals surface area contributed by atoms with Gasteiger partial charge in [0.25, 0.3) is 0 Å². The van der Waals surface area contributed by atoms with Gasteiger partial charge in [-0.25, -0.2) is 0 Å². The van der Waals surface area contributed by atoms with Gasteiger partial charge in [0.15, 0.2) is 11.6 Å². The van der Waals surface area contributed by atoms with Crippen LogP contribution in [0.2, 0.25) is 0 Å². The predicted molar refractivity (Wildman–Crippen MR) is 124 cm³/mol. The van der Waals surface area contributed by atoms with E-state index in [0.717, 1.165) is 5.56 Å². The van der Waals surface area contributed by atoms with E-state index < -0.39 is 6.04 Å². The van der Waals surface area contributed by atoms with Crippen LogP contribution in [0.3, 0.4) is 0 Å². The quantitative estimate of drug-likeness (QED) is 0.118. The van der Waals surface area contributed by atoms with Crippen molar-refractivity contribution in [3.63, 3.8) is 0 Å². The Morgan fingerprint density at radius 3 is 2.21 bits per heavy atom. The van der Waals surface area contributed by atoms with E-state index in [9.17, 15) is 9.59 Å². The van der Waals surface area contributed by atoms with E-state index in [4.69, 9.17) is 15.8 Å². The fourth-order valence-corrected chi connectivity index (χ4v) is 2.88. The Hall–Kier alpha value is -4.84. The van der Waals surface area contributed by atoms with Gasteiger partial charge in [-0.3, -0.25) is 9.59 Å². The van der Waals surface area contributed by atoms with Gasteiger partial charge in [-0.2, -0.15) is 0 Å². The molecule has 162 valence electrons. The number of azide groups is 2. The standard InChI is InChI=1S/C24H18N6O3/c25-29-27-20-11-6-17(7-12-20)8-15-23(31)18-9-13-21(14-10-18)33-16-22(28-30-26)24(32)19-4-2-1-3-5-19/h1-15,22H,16H2. The van der Waals surface area contributed by atoms with Crippen molar-refractivity contribution in [1.29, 1.82) is 0 Å².